The number of hydrogen-bond acceptors (Lipinski definition) is 17. The van der Waals surface area contributed by atoms with Gasteiger partial charge in [-0.15, -0.1) is 4.33 Å². The summed E-state index contributed by atoms with van der Waals surface area (Å²) in [7, 11) is 7.19. The Labute approximate surface area is 523 Å². The van der Waals surface area contributed by atoms with Gasteiger partial charge in [0.25, 0.3) is 0 Å². The van der Waals surface area contributed by atoms with Crippen LogP contribution in [-0.2, 0) is 28.3 Å². The number of benzene rings is 6. The quantitative estimate of drug-likeness (QED) is 0.0165. The van der Waals surface area contributed by atoms with Gasteiger partial charge in [-0.05, 0) is 165 Å². The molecule has 9 rings (SSSR count). The van der Waals surface area contributed by atoms with E-state index in [0.29, 0.717) is 56.6 Å². The van der Waals surface area contributed by atoms with Crippen molar-refractivity contribution in [2.45, 2.75) is 74.6 Å². The number of aliphatic hydroxyl groups is 3. The summed E-state index contributed by atoms with van der Waals surface area (Å²) >= 11 is 1.16. The molecule has 3 saturated heterocycles. The Morgan fingerprint density at radius 3 is 1.25 bits per heavy atom. The fraction of sp³-hybridized carbons (Fsp3) is 0.420. The number of likely N-dealkylation sites (N-methyl/N-ethyl adjacent to an activating group) is 3. The minimum Gasteiger partial charge on any atom is -0.478 e. The molecule has 0 unspecified atom stereocenters. The van der Waals surface area contributed by atoms with Gasteiger partial charge in [0.2, 0.25) is 0 Å². The minimum atomic E-state index is -0.936. The smallest absolute Gasteiger partial charge is 0.337 e. The van der Waals surface area contributed by atoms with Crippen molar-refractivity contribution in [2.24, 2.45) is 0 Å². The summed E-state index contributed by atoms with van der Waals surface area (Å²) in [6, 6.07) is 49.2. The average molecular weight is 1220 g/mol. The Hall–Kier alpha value is -7.51. The third-order valence-corrected chi connectivity index (χ3v) is 17.2. The number of rotatable bonds is 24. The first-order valence-electron chi connectivity index (χ1n) is 30.1. The zero-order chi connectivity index (χ0) is 63.1. The van der Waals surface area contributed by atoms with E-state index in [1.165, 1.54) is 18.2 Å². The highest BCUT2D eigenvalue weighted by molar-refractivity contribution is 7.93. The molecule has 19 heteroatoms. The van der Waals surface area contributed by atoms with Crippen molar-refractivity contribution >= 4 is 47.0 Å². The molecule has 3 aliphatic heterocycles. The fourth-order valence-corrected chi connectivity index (χ4v) is 11.6. The Morgan fingerprint density at radius 2 is 0.875 bits per heavy atom. The number of nitrogens with zero attached hydrogens (tertiary/aromatic N) is 7. The predicted octanol–water partition coefficient (Wildman–Crippen LogP) is 9.22. The lowest BCUT2D eigenvalue weighted by atomic mass is 9.90. The van der Waals surface area contributed by atoms with Gasteiger partial charge in [0.05, 0.1) is 52.2 Å². The molecule has 6 aromatic carbocycles. The molecular weight excluding hydrogens is 1130 g/mol. The van der Waals surface area contributed by atoms with Crippen LogP contribution in [0.3, 0.4) is 0 Å². The first-order valence-corrected chi connectivity index (χ1v) is 31.2. The van der Waals surface area contributed by atoms with Crippen molar-refractivity contribution in [1.29, 1.82) is 5.26 Å². The van der Waals surface area contributed by atoms with Gasteiger partial charge in [-0.3, -0.25) is 0 Å². The van der Waals surface area contributed by atoms with Crippen LogP contribution in [0.25, 0.3) is 0 Å². The highest BCUT2D eigenvalue weighted by atomic mass is 32.2. The standard InChI is InChI=1S/C24H29N3O3.C23H30N2O5S.C22H28N2O3/c1-26(22-9-7-20(8-10-22)23(28)30-2)18-24(29)12-15-27(16-13-24)14-11-19-5-3-4-6-21(19)17-25;1-24(20-7-5-19(6-8-20)22(26)27)17-23(28)12-15-25(16-13-23)14-11-18-3-9-21(10-4-18)29-30-31-2;1-23(20-9-7-19(8-10-20)21(25)26)17-22(27)12-15-24(16-13-22)14-11-18-5-3-2-4-6-18/h3-10,29H,11-16,18H2,1-2H3;3-10,28H,11-17H2,1-2H3,(H,26,27);2-10,27H,11-17H2,1H3,(H,25,26). The maximum Gasteiger partial charge on any atom is 0.337 e. The molecule has 470 valence electrons. The third-order valence-electron chi connectivity index (χ3n) is 17.0. The molecule has 3 aliphatic rings. The molecule has 0 saturated carbocycles. The molecular formula is C69H87N7O11S. The number of carbonyl (C=O) groups is 3. The molecule has 0 amide bonds. The van der Waals surface area contributed by atoms with Crippen LogP contribution >= 0.6 is 12.0 Å². The summed E-state index contributed by atoms with van der Waals surface area (Å²) in [5, 5.41) is 60.4. The van der Waals surface area contributed by atoms with E-state index in [2.05, 4.69) is 45.0 Å². The van der Waals surface area contributed by atoms with Gasteiger partial charge >= 0.3 is 17.9 Å². The number of ether oxygens (including phenoxy) is 1. The molecule has 0 radical (unpaired) electrons. The largest absolute Gasteiger partial charge is 0.478 e. The molecule has 0 bridgehead atoms. The number of likely N-dealkylation sites (tertiary alicyclic amines) is 3. The van der Waals surface area contributed by atoms with Crippen LogP contribution in [0.1, 0.15) is 91.9 Å². The second kappa shape index (κ2) is 33.2. The molecule has 0 spiro atoms. The van der Waals surface area contributed by atoms with Gasteiger partial charge in [0, 0.05) is 135 Å². The number of carboxylic acid groups (broad SMARTS) is 2. The van der Waals surface area contributed by atoms with Crippen LogP contribution < -0.4 is 19.6 Å². The van der Waals surface area contributed by atoms with E-state index in [-0.39, 0.29) is 17.1 Å². The summed E-state index contributed by atoms with van der Waals surface area (Å²) in [6.45, 7) is 9.63. The summed E-state index contributed by atoms with van der Waals surface area (Å²) in [5.74, 6) is -1.53. The maximum absolute atomic E-state index is 11.6. The normalized spacial score (nSPS) is 16.3. The van der Waals surface area contributed by atoms with Crippen LogP contribution in [0.4, 0.5) is 17.1 Å². The van der Waals surface area contributed by atoms with E-state index in [4.69, 9.17) is 24.2 Å². The number of piperidine rings is 3. The third kappa shape index (κ3) is 21.1. The van der Waals surface area contributed by atoms with Gasteiger partial charge in [0.1, 0.15) is 0 Å². The first kappa shape index (κ1) is 68.0. The summed E-state index contributed by atoms with van der Waals surface area (Å²) in [6.07, 6.45) is 8.95. The second-order valence-electron chi connectivity index (χ2n) is 23.5. The predicted molar refractivity (Wildman–Crippen MR) is 347 cm³/mol. The minimum absolute atomic E-state index is 0.264. The van der Waals surface area contributed by atoms with Crippen molar-refractivity contribution in [3.05, 3.63) is 191 Å². The van der Waals surface area contributed by atoms with Crippen LogP contribution in [-0.4, -0.2) is 188 Å². The molecule has 5 N–H and O–H groups in total. The number of nitriles is 1. The van der Waals surface area contributed by atoms with Crippen molar-refractivity contribution in [3.8, 4) is 11.8 Å². The summed E-state index contributed by atoms with van der Waals surface area (Å²) in [4.78, 5) is 51.8. The molecule has 6 aromatic rings. The van der Waals surface area contributed by atoms with Crippen LogP contribution in [0.2, 0.25) is 0 Å². The Balaban J connectivity index is 0.000000189. The highest BCUT2D eigenvalue weighted by Crippen LogP contribution is 2.30. The van der Waals surface area contributed by atoms with Gasteiger partial charge in [-0.2, -0.15) is 5.26 Å². The highest BCUT2D eigenvalue weighted by Gasteiger charge is 2.36. The second-order valence-corrected chi connectivity index (χ2v) is 23.9. The van der Waals surface area contributed by atoms with Crippen LogP contribution in [0.15, 0.2) is 152 Å². The number of anilines is 3. The first-order chi connectivity index (χ1) is 42.3. The van der Waals surface area contributed by atoms with E-state index < -0.39 is 28.7 Å². The van der Waals surface area contributed by atoms with Crippen molar-refractivity contribution < 1.29 is 53.9 Å². The molecule has 0 aromatic heterocycles. The van der Waals surface area contributed by atoms with Gasteiger partial charge in [-0.1, -0.05) is 60.7 Å². The van der Waals surface area contributed by atoms with E-state index in [1.54, 1.807) is 66.9 Å². The number of esters is 1. The average Bonchev–Trinajstić information content (AvgIpc) is 2.29. The zero-order valence-corrected chi connectivity index (χ0v) is 52.3. The van der Waals surface area contributed by atoms with E-state index >= 15 is 0 Å². The molecule has 18 nitrogen and oxygen atoms in total. The Bertz CT molecular complexity index is 3150. The van der Waals surface area contributed by atoms with Crippen LogP contribution in [0, 0.1) is 11.3 Å². The lowest BCUT2D eigenvalue weighted by molar-refractivity contribution is -0.0770. The van der Waals surface area contributed by atoms with Gasteiger partial charge < -0.3 is 64.6 Å². The number of methoxy groups -OCH3 is 1. The molecule has 3 heterocycles. The lowest BCUT2D eigenvalue weighted by Gasteiger charge is -2.40. The monoisotopic (exact) mass is 1220 g/mol. The number of hydrogen-bond donors (Lipinski definition) is 5. The van der Waals surface area contributed by atoms with Gasteiger partial charge in [0.15, 0.2) is 5.75 Å². The van der Waals surface area contributed by atoms with Crippen LogP contribution in [0.5, 0.6) is 5.75 Å². The fourth-order valence-electron chi connectivity index (χ4n) is 11.5. The molecule has 0 aliphatic carbocycles. The molecule has 0 atom stereocenters. The maximum atomic E-state index is 11.6. The van der Waals surface area contributed by atoms with Gasteiger partial charge in [-0.25, -0.2) is 14.4 Å². The van der Waals surface area contributed by atoms with Crippen molar-refractivity contribution in [2.75, 3.05) is 128 Å². The number of carboxylic acids is 2. The number of aromatic carboxylic acids is 2. The summed E-state index contributed by atoms with van der Waals surface area (Å²) in [5.41, 5.74) is 6.04. The van der Waals surface area contributed by atoms with E-state index in [9.17, 15) is 35.0 Å². The zero-order valence-electron chi connectivity index (χ0n) is 51.5. The topological polar surface area (TPSA) is 223 Å². The SMILES string of the molecule is CN(CC1(O)CCN(CCc2ccccc2)CC1)c1ccc(C(=O)O)cc1.COC(=O)c1ccc(N(C)CC2(O)CCN(CCc3ccccc3C#N)CC2)cc1.CSOOc1ccc(CCN2CCC(O)(CN(C)c3ccc(C(=O)O)cc3)CC2)cc1. The lowest BCUT2D eigenvalue weighted by Crippen LogP contribution is -2.50. The van der Waals surface area contributed by atoms with E-state index in [0.717, 1.165) is 131 Å². The Kier molecular flexibility index (Phi) is 25.6. The molecule has 3 fully saturated rings. The van der Waals surface area contributed by atoms with E-state index in [1.807, 2.05) is 103 Å². The Morgan fingerprint density at radius 1 is 0.511 bits per heavy atom. The summed E-state index contributed by atoms with van der Waals surface area (Å²) < 4.78 is 9.59. The molecule has 88 heavy (non-hydrogen) atoms. The number of carbonyl (C=O) groups excluding carboxylic acids is 1. The van der Waals surface area contributed by atoms with Crippen molar-refractivity contribution in [3.63, 3.8) is 0 Å². The van der Waals surface area contributed by atoms with Crippen molar-refractivity contribution in [1.82, 2.24) is 14.7 Å².